The molecule has 224 valence electrons. The summed E-state index contributed by atoms with van der Waals surface area (Å²) in [5.41, 5.74) is 2.45. The summed E-state index contributed by atoms with van der Waals surface area (Å²) in [7, 11) is 5.91. The average molecular weight is 564 g/mol. The van der Waals surface area contributed by atoms with Gasteiger partial charge in [-0.3, -0.25) is 9.69 Å². The monoisotopic (exact) mass is 563 g/mol. The Morgan fingerprint density at radius 1 is 1.07 bits per heavy atom. The molecule has 0 saturated carbocycles. The van der Waals surface area contributed by atoms with E-state index in [9.17, 15) is 4.79 Å². The van der Waals surface area contributed by atoms with Gasteiger partial charge in [0.15, 0.2) is 11.5 Å². The van der Waals surface area contributed by atoms with E-state index in [2.05, 4.69) is 72.6 Å². The van der Waals surface area contributed by atoms with Crippen LogP contribution in [0.1, 0.15) is 56.1 Å². The minimum atomic E-state index is 0.233. The van der Waals surface area contributed by atoms with Gasteiger partial charge in [-0.15, -0.1) is 6.58 Å². The molecule has 3 atom stereocenters. The van der Waals surface area contributed by atoms with E-state index in [4.69, 9.17) is 14.2 Å². The molecule has 1 fully saturated rings. The summed E-state index contributed by atoms with van der Waals surface area (Å²) in [5, 5.41) is 0. The van der Waals surface area contributed by atoms with E-state index in [0.29, 0.717) is 6.54 Å². The molecular weight excluding hydrogens is 514 g/mol. The Bertz CT molecular complexity index is 1140. The Hall–Kier alpha value is -3.03. The quantitative estimate of drug-likeness (QED) is 0.248. The lowest BCUT2D eigenvalue weighted by atomic mass is 9.83. The highest BCUT2D eigenvalue weighted by Crippen LogP contribution is 2.43. The molecule has 1 amide bonds. The summed E-state index contributed by atoms with van der Waals surface area (Å²) in [6, 6.07) is 14.8. The second-order valence-electron chi connectivity index (χ2n) is 11.6. The van der Waals surface area contributed by atoms with Crippen molar-refractivity contribution in [2.75, 3.05) is 60.7 Å². The lowest BCUT2D eigenvalue weighted by Gasteiger charge is -2.30. The largest absolute Gasteiger partial charge is 0.496 e. The Balaban J connectivity index is 1.52. The zero-order valence-corrected chi connectivity index (χ0v) is 25.5. The van der Waals surface area contributed by atoms with Gasteiger partial charge in [-0.1, -0.05) is 43.7 Å². The number of para-hydroxylation sites is 1. The van der Waals surface area contributed by atoms with Crippen LogP contribution in [0, 0.1) is 5.92 Å². The average Bonchev–Trinajstić information content (AvgIpc) is 3.58. The van der Waals surface area contributed by atoms with Crippen molar-refractivity contribution in [3.63, 3.8) is 0 Å². The maximum absolute atomic E-state index is 13.8. The van der Waals surface area contributed by atoms with Gasteiger partial charge in [0.2, 0.25) is 12.7 Å². The lowest BCUT2D eigenvalue weighted by Crippen LogP contribution is -2.44. The molecule has 7 heteroatoms. The van der Waals surface area contributed by atoms with Gasteiger partial charge in [-0.2, -0.15) is 0 Å². The first-order valence-electron chi connectivity index (χ1n) is 15.3. The van der Waals surface area contributed by atoms with Crippen LogP contribution in [-0.2, 0) is 11.2 Å². The van der Waals surface area contributed by atoms with Gasteiger partial charge in [0, 0.05) is 37.5 Å². The predicted molar refractivity (Wildman–Crippen MR) is 165 cm³/mol. The molecule has 1 saturated heterocycles. The summed E-state index contributed by atoms with van der Waals surface area (Å²) in [6.07, 6.45) is 8.14. The van der Waals surface area contributed by atoms with Crippen molar-refractivity contribution in [3.05, 3.63) is 66.2 Å². The second-order valence-corrected chi connectivity index (χ2v) is 11.6. The van der Waals surface area contributed by atoms with Crippen LogP contribution >= 0.6 is 0 Å². The molecule has 41 heavy (non-hydrogen) atoms. The molecule has 2 aliphatic heterocycles. The zero-order chi connectivity index (χ0) is 29.2. The van der Waals surface area contributed by atoms with Gasteiger partial charge in [0.05, 0.1) is 13.7 Å². The van der Waals surface area contributed by atoms with Crippen molar-refractivity contribution in [2.24, 2.45) is 5.92 Å². The van der Waals surface area contributed by atoms with E-state index >= 15 is 0 Å². The number of fused-ring (bicyclic) bond motifs is 1. The molecule has 2 aliphatic rings. The maximum atomic E-state index is 13.8. The van der Waals surface area contributed by atoms with E-state index in [1.165, 1.54) is 11.1 Å². The molecule has 0 aromatic heterocycles. The van der Waals surface area contributed by atoms with Crippen LogP contribution in [0.3, 0.4) is 0 Å². The fourth-order valence-electron chi connectivity index (χ4n) is 6.34. The molecule has 2 heterocycles. The number of rotatable bonds is 16. The molecule has 2 aromatic rings. The minimum Gasteiger partial charge on any atom is -0.496 e. The first-order valence-corrected chi connectivity index (χ1v) is 15.3. The van der Waals surface area contributed by atoms with Crippen molar-refractivity contribution in [2.45, 2.75) is 57.4 Å². The highest BCUT2D eigenvalue weighted by molar-refractivity contribution is 5.78. The van der Waals surface area contributed by atoms with E-state index in [0.717, 1.165) is 82.0 Å². The number of hydrogen-bond donors (Lipinski definition) is 0. The molecule has 7 nitrogen and oxygen atoms in total. The van der Waals surface area contributed by atoms with E-state index < -0.39 is 0 Å². The number of methoxy groups -OCH3 is 1. The smallest absolute Gasteiger partial charge is 0.236 e. The molecule has 0 bridgehead atoms. The summed E-state index contributed by atoms with van der Waals surface area (Å²) in [5.74, 6) is 3.25. The van der Waals surface area contributed by atoms with Crippen LogP contribution in [0.25, 0.3) is 0 Å². The normalized spacial score (nSPS) is 20.0. The molecule has 0 aliphatic carbocycles. The molecule has 0 radical (unpaired) electrons. The molecule has 0 N–H and O–H groups in total. The van der Waals surface area contributed by atoms with Gasteiger partial charge >= 0.3 is 0 Å². The Kier molecular flexibility index (Phi) is 11.5. The third kappa shape index (κ3) is 8.04. The number of carbonyl (C=O) groups excluding carboxylic acids is 1. The first kappa shape index (κ1) is 30.9. The van der Waals surface area contributed by atoms with Gasteiger partial charge in [0.25, 0.3) is 0 Å². The second kappa shape index (κ2) is 15.3. The molecule has 0 spiro atoms. The fraction of sp³-hybridized carbons (Fsp3) is 0.559. The van der Waals surface area contributed by atoms with Crippen LogP contribution < -0.4 is 14.2 Å². The number of benzene rings is 2. The minimum absolute atomic E-state index is 0.233. The number of ether oxygens (including phenoxy) is 3. The number of nitrogens with zero attached hydrogens (tertiary/aromatic N) is 3. The number of hydrogen-bond acceptors (Lipinski definition) is 6. The van der Waals surface area contributed by atoms with E-state index in [1.807, 2.05) is 18.2 Å². The highest BCUT2D eigenvalue weighted by atomic mass is 16.7. The van der Waals surface area contributed by atoms with Gasteiger partial charge in [-0.05, 0) is 82.1 Å². The lowest BCUT2D eigenvalue weighted by molar-refractivity contribution is -0.133. The Morgan fingerprint density at radius 3 is 2.61 bits per heavy atom. The number of unbranched alkanes of at least 4 members (excludes halogenated alkanes) is 1. The fourth-order valence-corrected chi connectivity index (χ4v) is 6.34. The molecule has 0 unspecified atom stereocenters. The Labute approximate surface area is 247 Å². The summed E-state index contributed by atoms with van der Waals surface area (Å²) in [6.45, 7) is 10.6. The SMILES string of the molecule is C=C[C@@H]1[C@@H](c2ccc3c(c2)OCO3)CN(CC(=O)N(CCCC)CCCN(C)C)[C@H]1CCCc1ccccc1OC. The third-order valence-corrected chi connectivity index (χ3v) is 8.55. The van der Waals surface area contributed by atoms with Crippen molar-refractivity contribution in [1.29, 1.82) is 0 Å². The summed E-state index contributed by atoms with van der Waals surface area (Å²) in [4.78, 5) is 20.5. The van der Waals surface area contributed by atoms with E-state index in [-0.39, 0.29) is 30.6 Å². The van der Waals surface area contributed by atoms with Crippen LogP contribution in [-0.4, -0.2) is 87.4 Å². The van der Waals surface area contributed by atoms with Crippen molar-refractivity contribution >= 4 is 5.91 Å². The standard InChI is InChI=1S/C34H49N3O4/c1-6-8-20-36(21-12-19-35(3)4)34(38)24-37-23-29(27-17-18-32-33(22-27)41-25-40-32)28(7-2)30(37)15-11-14-26-13-9-10-16-31(26)39-5/h7,9-10,13,16-18,22,28-30H,2,6,8,11-12,14-15,19-21,23-25H2,1,3-5H3/t28-,29-,30+/m1/s1. The molecule has 4 rings (SSSR count). The highest BCUT2D eigenvalue weighted by Gasteiger charge is 2.41. The van der Waals surface area contributed by atoms with Crippen LogP contribution in [0.15, 0.2) is 55.1 Å². The molecule has 2 aromatic carbocycles. The van der Waals surface area contributed by atoms with Gasteiger partial charge in [-0.25, -0.2) is 0 Å². The molecular formula is C34H49N3O4. The topological polar surface area (TPSA) is 54.5 Å². The van der Waals surface area contributed by atoms with Crippen LogP contribution in [0.2, 0.25) is 0 Å². The Morgan fingerprint density at radius 2 is 1.85 bits per heavy atom. The summed E-state index contributed by atoms with van der Waals surface area (Å²) >= 11 is 0. The van der Waals surface area contributed by atoms with Crippen molar-refractivity contribution < 1.29 is 19.0 Å². The number of amides is 1. The van der Waals surface area contributed by atoms with E-state index in [1.54, 1.807) is 7.11 Å². The van der Waals surface area contributed by atoms with Crippen LogP contribution in [0.5, 0.6) is 17.2 Å². The first-order chi connectivity index (χ1) is 19.9. The zero-order valence-electron chi connectivity index (χ0n) is 25.5. The maximum Gasteiger partial charge on any atom is 0.236 e. The number of likely N-dealkylation sites (tertiary alicyclic amines) is 1. The van der Waals surface area contributed by atoms with Gasteiger partial charge < -0.3 is 24.0 Å². The summed E-state index contributed by atoms with van der Waals surface area (Å²) < 4.78 is 16.9. The van der Waals surface area contributed by atoms with Crippen LogP contribution in [0.4, 0.5) is 0 Å². The van der Waals surface area contributed by atoms with Gasteiger partial charge in [0.1, 0.15) is 5.75 Å². The number of carbonyl (C=O) groups is 1. The predicted octanol–water partition coefficient (Wildman–Crippen LogP) is 5.60. The number of aryl methyl sites for hydroxylation is 1. The third-order valence-electron chi connectivity index (χ3n) is 8.55. The van der Waals surface area contributed by atoms with Crippen molar-refractivity contribution in [3.8, 4) is 17.2 Å². The van der Waals surface area contributed by atoms with Crippen molar-refractivity contribution in [1.82, 2.24) is 14.7 Å².